The topological polar surface area (TPSA) is 38.7 Å². The second kappa shape index (κ2) is 12.3. The Morgan fingerprint density at radius 2 is 0.759 bits per heavy atom. The standard InChI is InChI=1S/C49H39N3Si2/c1-53(2)42-23-15-14-22-40(42)46-41(33-18-10-6-11-19-33)28-37(31-45(46)53)49-51-47(34-20-12-7-13-21-34)50-48(52-49)36-25-27-39-38-26-24-35(32-16-8-5-9-17-32)29-43(38)54(3,4)44(39)30-36/h5-31H,1-4H3. The van der Waals surface area contributed by atoms with Gasteiger partial charge in [-0.05, 0) is 71.3 Å². The van der Waals surface area contributed by atoms with E-state index in [0.29, 0.717) is 17.5 Å². The van der Waals surface area contributed by atoms with Gasteiger partial charge in [0.15, 0.2) is 17.5 Å². The van der Waals surface area contributed by atoms with Crippen LogP contribution in [0.15, 0.2) is 164 Å². The molecule has 3 heterocycles. The summed E-state index contributed by atoms with van der Waals surface area (Å²) in [5, 5.41) is 5.83. The van der Waals surface area contributed by atoms with Crippen LogP contribution in [0.4, 0.5) is 0 Å². The molecule has 0 fully saturated rings. The second-order valence-electron chi connectivity index (χ2n) is 15.7. The molecule has 0 atom stereocenters. The van der Waals surface area contributed by atoms with Gasteiger partial charge in [0, 0.05) is 16.7 Å². The van der Waals surface area contributed by atoms with Crippen molar-refractivity contribution in [3.05, 3.63) is 164 Å². The predicted octanol–water partition coefficient (Wildman–Crippen LogP) is 9.81. The summed E-state index contributed by atoms with van der Waals surface area (Å²) in [6.07, 6.45) is 0. The summed E-state index contributed by atoms with van der Waals surface area (Å²) < 4.78 is 0. The first kappa shape index (κ1) is 32.6. The minimum Gasteiger partial charge on any atom is -0.208 e. The molecule has 2 aliphatic heterocycles. The summed E-state index contributed by atoms with van der Waals surface area (Å²) in [5.41, 5.74) is 13.4. The van der Waals surface area contributed by atoms with Crippen LogP contribution in [0.2, 0.25) is 26.2 Å². The van der Waals surface area contributed by atoms with Gasteiger partial charge >= 0.3 is 0 Å². The first-order chi connectivity index (χ1) is 26.3. The highest BCUT2D eigenvalue weighted by Crippen LogP contribution is 2.40. The molecule has 3 nitrogen and oxygen atoms in total. The van der Waals surface area contributed by atoms with E-state index in [4.69, 9.17) is 15.0 Å². The molecule has 0 radical (unpaired) electrons. The molecular weight excluding hydrogens is 687 g/mol. The van der Waals surface area contributed by atoms with Crippen LogP contribution >= 0.6 is 0 Å². The Hall–Kier alpha value is -6.02. The Kier molecular flexibility index (Phi) is 7.41. The summed E-state index contributed by atoms with van der Waals surface area (Å²) in [6.45, 7) is 9.90. The van der Waals surface area contributed by atoms with Gasteiger partial charge in [-0.1, -0.05) is 184 Å². The van der Waals surface area contributed by atoms with Crippen molar-refractivity contribution in [2.45, 2.75) is 26.2 Å². The number of fused-ring (bicyclic) bond motifs is 6. The molecular formula is C49H39N3Si2. The van der Waals surface area contributed by atoms with Crippen molar-refractivity contribution < 1.29 is 0 Å². The van der Waals surface area contributed by atoms with Crippen molar-refractivity contribution in [3.8, 4) is 78.7 Å². The third kappa shape index (κ3) is 5.11. The molecule has 54 heavy (non-hydrogen) atoms. The molecule has 0 saturated heterocycles. The van der Waals surface area contributed by atoms with E-state index in [1.807, 2.05) is 6.07 Å². The lowest BCUT2D eigenvalue weighted by molar-refractivity contribution is 1.07. The van der Waals surface area contributed by atoms with Gasteiger partial charge in [0.1, 0.15) is 16.1 Å². The summed E-state index contributed by atoms with van der Waals surface area (Å²) in [5.74, 6) is 2.09. The van der Waals surface area contributed by atoms with E-state index in [-0.39, 0.29) is 0 Å². The molecule has 8 aromatic rings. The van der Waals surface area contributed by atoms with Gasteiger partial charge < -0.3 is 0 Å². The number of aromatic nitrogens is 3. The minimum absolute atomic E-state index is 0.685. The van der Waals surface area contributed by atoms with Gasteiger partial charge in [-0.2, -0.15) is 0 Å². The number of nitrogens with zero attached hydrogens (tertiary/aromatic N) is 3. The van der Waals surface area contributed by atoms with Gasteiger partial charge in [-0.3, -0.25) is 0 Å². The SMILES string of the molecule is C[Si]1(C)c2cc(-c3ccccc3)ccc2-c2ccc(-c3nc(-c4ccccc4)nc(-c4cc(-c5ccccc5)c5c(c4)[Si](C)(C)c4ccccc4-5)n3)cc21. The largest absolute Gasteiger partial charge is 0.208 e. The predicted molar refractivity (Wildman–Crippen MR) is 231 cm³/mol. The summed E-state index contributed by atoms with van der Waals surface area (Å²) in [4.78, 5) is 15.8. The fourth-order valence-corrected chi connectivity index (χ4v) is 15.0. The van der Waals surface area contributed by atoms with Gasteiger partial charge in [0.2, 0.25) is 0 Å². The van der Waals surface area contributed by atoms with Crippen LogP contribution in [0.25, 0.3) is 78.7 Å². The number of hydrogen-bond acceptors (Lipinski definition) is 3. The highest BCUT2D eigenvalue weighted by Gasteiger charge is 2.40. The lowest BCUT2D eigenvalue weighted by Gasteiger charge is -2.21. The first-order valence-corrected chi connectivity index (χ1v) is 24.8. The van der Waals surface area contributed by atoms with Crippen LogP contribution in [0, 0.1) is 0 Å². The molecule has 0 unspecified atom stereocenters. The summed E-state index contributed by atoms with van der Waals surface area (Å²) >= 11 is 0. The van der Waals surface area contributed by atoms with E-state index in [1.54, 1.807) is 0 Å². The van der Waals surface area contributed by atoms with Crippen LogP contribution in [0.3, 0.4) is 0 Å². The van der Waals surface area contributed by atoms with Gasteiger partial charge in [0.05, 0.1) is 0 Å². The number of hydrogen-bond donors (Lipinski definition) is 0. The maximum absolute atomic E-state index is 5.34. The van der Waals surface area contributed by atoms with Crippen LogP contribution in [-0.2, 0) is 0 Å². The fraction of sp³-hybridized carbons (Fsp3) is 0.0816. The monoisotopic (exact) mass is 725 g/mol. The zero-order valence-electron chi connectivity index (χ0n) is 30.9. The van der Waals surface area contributed by atoms with Crippen molar-refractivity contribution in [2.75, 3.05) is 0 Å². The highest BCUT2D eigenvalue weighted by atomic mass is 28.3. The average molecular weight is 726 g/mol. The molecule has 0 spiro atoms. The lowest BCUT2D eigenvalue weighted by Crippen LogP contribution is -2.49. The third-order valence-electron chi connectivity index (χ3n) is 11.7. The zero-order chi connectivity index (χ0) is 36.6. The van der Waals surface area contributed by atoms with Crippen molar-refractivity contribution in [1.82, 2.24) is 15.0 Å². The lowest BCUT2D eigenvalue weighted by atomic mass is 9.92. The molecule has 2 aliphatic rings. The Balaban J connectivity index is 1.15. The average Bonchev–Trinajstić information content (AvgIpc) is 3.60. The molecule has 10 rings (SSSR count). The Bertz CT molecular complexity index is 2760. The zero-order valence-corrected chi connectivity index (χ0v) is 32.9. The molecule has 0 aliphatic carbocycles. The molecule has 258 valence electrons. The van der Waals surface area contributed by atoms with Crippen molar-refractivity contribution in [3.63, 3.8) is 0 Å². The molecule has 7 aromatic carbocycles. The second-order valence-corrected chi connectivity index (χ2v) is 24.3. The maximum atomic E-state index is 5.34. The molecule has 0 N–H and O–H groups in total. The van der Waals surface area contributed by atoms with Crippen LogP contribution in [0.1, 0.15) is 0 Å². The van der Waals surface area contributed by atoms with Gasteiger partial charge in [-0.15, -0.1) is 0 Å². The van der Waals surface area contributed by atoms with E-state index in [2.05, 4.69) is 184 Å². The highest BCUT2D eigenvalue weighted by molar-refractivity contribution is 7.04. The van der Waals surface area contributed by atoms with E-state index in [1.165, 1.54) is 65.3 Å². The van der Waals surface area contributed by atoms with E-state index < -0.39 is 16.1 Å². The van der Waals surface area contributed by atoms with Gasteiger partial charge in [0.25, 0.3) is 0 Å². The Morgan fingerprint density at radius 3 is 1.41 bits per heavy atom. The summed E-state index contributed by atoms with van der Waals surface area (Å²) in [6, 6.07) is 59.5. The first-order valence-electron chi connectivity index (χ1n) is 18.8. The van der Waals surface area contributed by atoms with E-state index in [0.717, 1.165) is 16.7 Å². The third-order valence-corrected chi connectivity index (χ3v) is 18.8. The minimum atomic E-state index is -2.04. The molecule has 0 amide bonds. The van der Waals surface area contributed by atoms with Crippen LogP contribution < -0.4 is 20.7 Å². The molecule has 5 heteroatoms. The quantitative estimate of drug-likeness (QED) is 0.166. The van der Waals surface area contributed by atoms with Crippen molar-refractivity contribution >= 4 is 36.9 Å². The Morgan fingerprint density at radius 1 is 0.296 bits per heavy atom. The normalized spacial score (nSPS) is 14.2. The van der Waals surface area contributed by atoms with E-state index >= 15 is 0 Å². The Labute approximate surface area is 319 Å². The van der Waals surface area contributed by atoms with Crippen molar-refractivity contribution in [1.29, 1.82) is 0 Å². The molecule has 0 saturated carbocycles. The van der Waals surface area contributed by atoms with Crippen LogP contribution in [0.5, 0.6) is 0 Å². The maximum Gasteiger partial charge on any atom is 0.164 e. The van der Waals surface area contributed by atoms with Crippen molar-refractivity contribution in [2.24, 2.45) is 0 Å². The van der Waals surface area contributed by atoms with Crippen LogP contribution in [-0.4, -0.2) is 31.1 Å². The number of benzene rings is 7. The number of rotatable bonds is 5. The van der Waals surface area contributed by atoms with Gasteiger partial charge in [-0.25, -0.2) is 15.0 Å². The summed E-state index contributed by atoms with van der Waals surface area (Å²) in [7, 11) is -4.05. The molecule has 0 bridgehead atoms. The fourth-order valence-electron chi connectivity index (χ4n) is 8.83. The van der Waals surface area contributed by atoms with E-state index in [9.17, 15) is 0 Å². The smallest absolute Gasteiger partial charge is 0.164 e. The molecule has 1 aromatic heterocycles.